The van der Waals surface area contributed by atoms with Crippen molar-refractivity contribution in [2.24, 2.45) is 0 Å². The van der Waals surface area contributed by atoms with Gasteiger partial charge in [-0.3, -0.25) is 0 Å². The van der Waals surface area contributed by atoms with Crippen LogP contribution < -0.4 is 0 Å². The van der Waals surface area contributed by atoms with Gasteiger partial charge in [0, 0.05) is 10.9 Å². The molecule has 10 radical (unpaired) electrons. The Hall–Kier alpha value is 0.0295. The molecule has 0 heterocycles. The van der Waals surface area contributed by atoms with E-state index < -0.39 is 0 Å². The van der Waals surface area contributed by atoms with Gasteiger partial charge in [-0.15, -0.1) is 0 Å². The van der Waals surface area contributed by atoms with Gasteiger partial charge >= 0.3 is 17.1 Å². The summed E-state index contributed by atoms with van der Waals surface area (Å²) < 4.78 is 0. The molecular formula is C16H13ClFe+2. The summed E-state index contributed by atoms with van der Waals surface area (Å²) in [6.07, 6.45) is 18.2. The summed E-state index contributed by atoms with van der Waals surface area (Å²) in [7, 11) is 0. The molecule has 0 bridgehead atoms. The Kier molecular flexibility index (Phi) is 8.06. The first kappa shape index (κ1) is 16.1. The average molecular weight is 297 g/mol. The van der Waals surface area contributed by atoms with Crippen molar-refractivity contribution in [2.45, 2.75) is 0 Å². The van der Waals surface area contributed by atoms with Crippen molar-refractivity contribution >= 4 is 11.6 Å². The van der Waals surface area contributed by atoms with Crippen LogP contribution in [0.5, 0.6) is 0 Å². The molecule has 0 nitrogen and oxygen atoms in total. The van der Waals surface area contributed by atoms with Gasteiger partial charge in [0.1, 0.15) is 0 Å². The first-order chi connectivity index (χ1) is 8.36. The molecule has 0 spiro atoms. The van der Waals surface area contributed by atoms with Crippen LogP contribution in [0.4, 0.5) is 0 Å². The molecular weight excluding hydrogens is 283 g/mol. The molecule has 2 aliphatic rings. The zero-order valence-electron chi connectivity index (χ0n) is 9.74. The molecule has 0 unspecified atom stereocenters. The van der Waals surface area contributed by atoms with Crippen LogP contribution in [-0.4, -0.2) is 0 Å². The van der Waals surface area contributed by atoms with Gasteiger partial charge in [0.2, 0.25) is 0 Å². The molecule has 0 aromatic heterocycles. The van der Waals surface area contributed by atoms with E-state index in [1.807, 2.05) is 69.2 Å². The van der Waals surface area contributed by atoms with Crippen LogP contribution in [0.1, 0.15) is 5.56 Å². The van der Waals surface area contributed by atoms with E-state index in [1.165, 1.54) is 11.5 Å². The van der Waals surface area contributed by atoms with Crippen LogP contribution in [0.3, 0.4) is 0 Å². The summed E-state index contributed by atoms with van der Waals surface area (Å²) in [4.78, 5) is 0. The quantitative estimate of drug-likeness (QED) is 0.684. The van der Waals surface area contributed by atoms with Crippen LogP contribution >= 0.6 is 11.6 Å². The largest absolute Gasteiger partial charge is 2.00 e. The number of hydrogen-bond acceptors (Lipinski definition) is 0. The maximum atomic E-state index is 5.77. The van der Waals surface area contributed by atoms with Crippen LogP contribution in [0.15, 0.2) is 24.3 Å². The first-order valence-electron chi connectivity index (χ1n) is 5.50. The van der Waals surface area contributed by atoms with Crippen LogP contribution in [0.2, 0.25) is 5.02 Å². The van der Waals surface area contributed by atoms with Crippen molar-refractivity contribution in [3.8, 4) is 0 Å². The van der Waals surface area contributed by atoms with Crippen LogP contribution in [0.25, 0.3) is 0 Å². The van der Waals surface area contributed by atoms with Crippen molar-refractivity contribution in [3.05, 3.63) is 98.6 Å². The topological polar surface area (TPSA) is 0 Å². The Morgan fingerprint density at radius 1 is 0.611 bits per heavy atom. The van der Waals surface area contributed by atoms with Gasteiger partial charge in [-0.2, -0.15) is 0 Å². The summed E-state index contributed by atoms with van der Waals surface area (Å²) in [5, 5.41) is 0.783. The Bertz CT molecular complexity index is 303. The van der Waals surface area contributed by atoms with E-state index in [0.717, 1.165) is 5.02 Å². The third kappa shape index (κ3) is 5.34. The summed E-state index contributed by atoms with van der Waals surface area (Å²) in [6.45, 7) is 0. The average Bonchev–Trinajstić information content (AvgIpc) is 3.06. The number of rotatable bonds is 1. The van der Waals surface area contributed by atoms with Crippen molar-refractivity contribution in [1.82, 2.24) is 0 Å². The van der Waals surface area contributed by atoms with Crippen molar-refractivity contribution < 1.29 is 17.1 Å². The minimum atomic E-state index is 0. The van der Waals surface area contributed by atoms with Crippen molar-refractivity contribution in [3.63, 3.8) is 0 Å². The van der Waals surface area contributed by atoms with Crippen LogP contribution in [0, 0.1) is 63.7 Å². The van der Waals surface area contributed by atoms with Gasteiger partial charge in [-0.25, -0.2) is 0 Å². The van der Waals surface area contributed by atoms with Gasteiger partial charge in [0.15, 0.2) is 0 Å². The maximum Gasteiger partial charge on any atom is 2.00 e. The van der Waals surface area contributed by atoms with E-state index in [1.54, 1.807) is 0 Å². The van der Waals surface area contributed by atoms with E-state index in [0.29, 0.717) is 0 Å². The Balaban J connectivity index is 0.000000230. The molecule has 0 saturated heterocycles. The summed E-state index contributed by atoms with van der Waals surface area (Å²) >= 11 is 5.77. The molecule has 2 aliphatic carbocycles. The van der Waals surface area contributed by atoms with Crippen LogP contribution in [-0.2, 0) is 17.1 Å². The van der Waals surface area contributed by atoms with E-state index >= 15 is 0 Å². The van der Waals surface area contributed by atoms with E-state index in [2.05, 4.69) is 12.8 Å². The van der Waals surface area contributed by atoms with Crippen molar-refractivity contribution in [1.29, 1.82) is 0 Å². The second-order valence-corrected chi connectivity index (χ2v) is 4.08. The van der Waals surface area contributed by atoms with E-state index in [4.69, 9.17) is 11.6 Å². The molecule has 0 N–H and O–H groups in total. The fraction of sp³-hybridized carbons (Fsp3) is 0. The number of halogens is 1. The normalized spacial score (nSPS) is 18.9. The molecule has 1 aromatic carbocycles. The van der Waals surface area contributed by atoms with E-state index in [-0.39, 0.29) is 17.1 Å². The molecule has 3 rings (SSSR count). The standard InChI is InChI=1S/C11H8Cl.C5H5.Fe/c12-11-7-5-10(6-8-11)9-3-1-2-4-9;1-2-4-5-3-1;/h1-8H;1-5H;/q;;+2. The third-order valence-electron chi connectivity index (χ3n) is 2.40. The molecule has 1 aromatic rings. The molecule has 2 heteroatoms. The zero-order valence-corrected chi connectivity index (χ0v) is 11.6. The SMILES string of the molecule is Clc1ccc([C]2[CH][CH][CH][CH]2)cc1.[CH]1[CH][CH][CH][CH]1.[Fe+2]. The van der Waals surface area contributed by atoms with Gasteiger partial charge < -0.3 is 0 Å². The smallest absolute Gasteiger partial charge is 0.0843 e. The second kappa shape index (κ2) is 9.02. The summed E-state index contributed by atoms with van der Waals surface area (Å²) in [5.74, 6) is 1.24. The Labute approximate surface area is 127 Å². The molecule has 90 valence electrons. The summed E-state index contributed by atoms with van der Waals surface area (Å²) in [5.41, 5.74) is 1.21. The van der Waals surface area contributed by atoms with Gasteiger partial charge in [0.05, 0.1) is 0 Å². The predicted molar refractivity (Wildman–Crippen MR) is 72.5 cm³/mol. The molecule has 2 fully saturated rings. The minimum Gasteiger partial charge on any atom is -0.0843 e. The van der Waals surface area contributed by atoms with E-state index in [9.17, 15) is 0 Å². The zero-order chi connectivity index (χ0) is 11.9. The monoisotopic (exact) mass is 296 g/mol. The number of hydrogen-bond donors (Lipinski definition) is 0. The van der Waals surface area contributed by atoms with Crippen molar-refractivity contribution in [2.75, 3.05) is 0 Å². The fourth-order valence-corrected chi connectivity index (χ4v) is 1.66. The molecule has 0 amide bonds. The van der Waals surface area contributed by atoms with Gasteiger partial charge in [-0.1, -0.05) is 23.7 Å². The Morgan fingerprint density at radius 2 is 1.06 bits per heavy atom. The molecule has 18 heavy (non-hydrogen) atoms. The molecule has 0 aliphatic heterocycles. The number of benzene rings is 1. The molecule has 2 saturated carbocycles. The Morgan fingerprint density at radius 3 is 1.50 bits per heavy atom. The third-order valence-corrected chi connectivity index (χ3v) is 2.65. The minimum absolute atomic E-state index is 0. The van der Waals surface area contributed by atoms with Gasteiger partial charge in [-0.05, 0) is 75.5 Å². The fourth-order valence-electron chi connectivity index (χ4n) is 1.53. The maximum absolute atomic E-state index is 5.77. The van der Waals surface area contributed by atoms with Gasteiger partial charge in [0.25, 0.3) is 0 Å². The first-order valence-corrected chi connectivity index (χ1v) is 5.88. The summed E-state index contributed by atoms with van der Waals surface area (Å²) in [6, 6.07) is 7.86. The predicted octanol–water partition coefficient (Wildman–Crippen LogP) is 4.11. The molecule has 0 atom stereocenters. The second-order valence-electron chi connectivity index (χ2n) is 3.64.